The van der Waals surface area contributed by atoms with Crippen molar-refractivity contribution in [2.45, 2.75) is 32.4 Å². The number of hydrogen-bond acceptors (Lipinski definition) is 3. The predicted octanol–water partition coefficient (Wildman–Crippen LogP) is 2.56. The van der Waals surface area contributed by atoms with Crippen molar-refractivity contribution in [2.75, 3.05) is 13.7 Å². The molecular weight excluding hydrogens is 278 g/mol. The summed E-state index contributed by atoms with van der Waals surface area (Å²) < 4.78 is 6.90. The number of carbonyl (C=O) groups excluding carboxylic acids is 1. The maximum Gasteiger partial charge on any atom is 0.244 e. The second-order valence-corrected chi connectivity index (χ2v) is 5.73. The molecule has 116 valence electrons. The molecule has 1 amide bonds. The summed E-state index contributed by atoms with van der Waals surface area (Å²) >= 11 is 0. The van der Waals surface area contributed by atoms with Gasteiger partial charge in [-0.3, -0.25) is 9.48 Å². The second-order valence-electron chi connectivity index (χ2n) is 5.73. The van der Waals surface area contributed by atoms with E-state index >= 15 is 0 Å². The van der Waals surface area contributed by atoms with Crippen molar-refractivity contribution in [3.05, 3.63) is 47.8 Å². The average molecular weight is 299 g/mol. The number of ether oxygens (including phenoxy) is 1. The van der Waals surface area contributed by atoms with Gasteiger partial charge >= 0.3 is 0 Å². The third-order valence-electron chi connectivity index (χ3n) is 4.13. The van der Waals surface area contributed by atoms with Crippen LogP contribution in [0.2, 0.25) is 0 Å². The maximum atomic E-state index is 12.6. The van der Waals surface area contributed by atoms with Gasteiger partial charge < -0.3 is 9.64 Å². The van der Waals surface area contributed by atoms with Crippen LogP contribution in [0.1, 0.15) is 30.0 Å². The monoisotopic (exact) mass is 299 g/mol. The molecule has 1 aromatic heterocycles. The highest BCUT2D eigenvalue weighted by Gasteiger charge is 2.29. The van der Waals surface area contributed by atoms with Crippen LogP contribution in [0.3, 0.4) is 0 Å². The molecule has 1 atom stereocenters. The number of hydrogen-bond donors (Lipinski definition) is 0. The molecule has 0 N–H and O–H groups in total. The lowest BCUT2D eigenvalue weighted by atomic mass is 10.0. The van der Waals surface area contributed by atoms with Crippen LogP contribution in [0.25, 0.3) is 0 Å². The minimum absolute atomic E-state index is 0.126. The van der Waals surface area contributed by atoms with Crippen LogP contribution in [0, 0.1) is 6.92 Å². The van der Waals surface area contributed by atoms with Crippen LogP contribution in [0.15, 0.2) is 36.7 Å². The van der Waals surface area contributed by atoms with E-state index in [1.807, 2.05) is 42.3 Å². The highest BCUT2D eigenvalue weighted by Crippen LogP contribution is 2.32. The van der Waals surface area contributed by atoms with Crippen LogP contribution >= 0.6 is 0 Å². The highest BCUT2D eigenvalue weighted by molar-refractivity contribution is 5.76. The Balaban J connectivity index is 1.72. The van der Waals surface area contributed by atoms with E-state index in [9.17, 15) is 4.79 Å². The van der Waals surface area contributed by atoms with E-state index in [0.29, 0.717) is 6.54 Å². The third kappa shape index (κ3) is 2.98. The molecule has 5 nitrogen and oxygen atoms in total. The van der Waals surface area contributed by atoms with Gasteiger partial charge in [0.25, 0.3) is 0 Å². The Hall–Kier alpha value is -2.30. The molecule has 1 fully saturated rings. The minimum Gasteiger partial charge on any atom is -0.497 e. The number of carbonyl (C=O) groups is 1. The first-order valence-corrected chi connectivity index (χ1v) is 7.60. The number of nitrogens with zero attached hydrogens (tertiary/aromatic N) is 3. The molecule has 1 aromatic carbocycles. The summed E-state index contributed by atoms with van der Waals surface area (Å²) in [6.07, 6.45) is 5.73. The summed E-state index contributed by atoms with van der Waals surface area (Å²) in [5, 5.41) is 4.20. The molecule has 0 radical (unpaired) electrons. The lowest BCUT2D eigenvalue weighted by Gasteiger charge is -2.25. The Labute approximate surface area is 130 Å². The van der Waals surface area contributed by atoms with Crippen LogP contribution < -0.4 is 4.74 Å². The summed E-state index contributed by atoms with van der Waals surface area (Å²) in [7, 11) is 1.66. The number of benzene rings is 1. The van der Waals surface area contributed by atoms with Crippen molar-refractivity contribution >= 4 is 5.91 Å². The summed E-state index contributed by atoms with van der Waals surface area (Å²) in [6, 6.07) is 8.16. The lowest BCUT2D eigenvalue weighted by Crippen LogP contribution is -2.33. The number of aromatic nitrogens is 2. The zero-order valence-corrected chi connectivity index (χ0v) is 13.0. The van der Waals surface area contributed by atoms with Gasteiger partial charge in [-0.1, -0.05) is 12.1 Å². The van der Waals surface area contributed by atoms with Gasteiger partial charge in [-0.25, -0.2) is 0 Å². The first-order chi connectivity index (χ1) is 10.7. The topological polar surface area (TPSA) is 47.4 Å². The summed E-state index contributed by atoms with van der Waals surface area (Å²) in [5.41, 5.74) is 2.24. The Bertz CT molecular complexity index is 648. The predicted molar refractivity (Wildman–Crippen MR) is 83.6 cm³/mol. The molecule has 1 unspecified atom stereocenters. The smallest absolute Gasteiger partial charge is 0.244 e. The third-order valence-corrected chi connectivity index (χ3v) is 4.13. The molecular formula is C17H21N3O2. The molecule has 2 aromatic rings. The van der Waals surface area contributed by atoms with Crippen LogP contribution in [0.5, 0.6) is 5.75 Å². The van der Waals surface area contributed by atoms with E-state index < -0.39 is 0 Å². The van der Waals surface area contributed by atoms with Crippen LogP contribution in [-0.2, 0) is 11.3 Å². The molecule has 1 aliphatic heterocycles. The fraction of sp³-hybridized carbons (Fsp3) is 0.412. The number of amides is 1. The van der Waals surface area contributed by atoms with E-state index in [0.717, 1.165) is 30.7 Å². The molecule has 3 rings (SSSR count). The van der Waals surface area contributed by atoms with E-state index in [1.165, 1.54) is 5.56 Å². The van der Waals surface area contributed by atoms with Gasteiger partial charge in [-0.15, -0.1) is 0 Å². The lowest BCUT2D eigenvalue weighted by molar-refractivity contribution is -0.133. The van der Waals surface area contributed by atoms with Gasteiger partial charge in [0.05, 0.1) is 19.3 Å². The quantitative estimate of drug-likeness (QED) is 0.871. The molecule has 0 spiro atoms. The fourth-order valence-electron chi connectivity index (χ4n) is 3.02. The van der Waals surface area contributed by atoms with Crippen molar-refractivity contribution < 1.29 is 9.53 Å². The zero-order chi connectivity index (χ0) is 15.5. The Morgan fingerprint density at radius 2 is 2.14 bits per heavy atom. The maximum absolute atomic E-state index is 12.6. The van der Waals surface area contributed by atoms with E-state index in [1.54, 1.807) is 18.0 Å². The Morgan fingerprint density at radius 1 is 1.36 bits per heavy atom. The molecule has 22 heavy (non-hydrogen) atoms. The fourth-order valence-corrected chi connectivity index (χ4v) is 3.02. The van der Waals surface area contributed by atoms with Crippen molar-refractivity contribution in [1.82, 2.24) is 14.7 Å². The van der Waals surface area contributed by atoms with Gasteiger partial charge in [0.2, 0.25) is 5.91 Å². The van der Waals surface area contributed by atoms with Gasteiger partial charge in [0, 0.05) is 12.7 Å². The summed E-state index contributed by atoms with van der Waals surface area (Å²) in [6.45, 7) is 3.10. The molecule has 0 bridgehead atoms. The summed E-state index contributed by atoms with van der Waals surface area (Å²) in [5.74, 6) is 0.966. The van der Waals surface area contributed by atoms with Crippen LogP contribution in [0.4, 0.5) is 0 Å². The molecule has 2 heterocycles. The van der Waals surface area contributed by atoms with Crippen molar-refractivity contribution in [3.63, 3.8) is 0 Å². The SMILES string of the molecule is COc1ccc(C2CCCN2C(=O)Cn2cc(C)cn2)cc1. The normalized spacial score (nSPS) is 17.7. The Kier molecular flexibility index (Phi) is 4.13. The molecule has 5 heteroatoms. The number of methoxy groups -OCH3 is 1. The van der Waals surface area contributed by atoms with Crippen LogP contribution in [-0.4, -0.2) is 34.2 Å². The number of likely N-dealkylation sites (tertiary alicyclic amines) is 1. The number of rotatable bonds is 4. The first kappa shape index (κ1) is 14.6. The second kappa shape index (κ2) is 6.22. The Morgan fingerprint density at radius 3 is 2.77 bits per heavy atom. The standard InChI is InChI=1S/C17H21N3O2/c1-13-10-18-19(11-13)12-17(21)20-9-3-4-16(20)14-5-7-15(22-2)8-6-14/h5-8,10-11,16H,3-4,9,12H2,1-2H3. The minimum atomic E-state index is 0.126. The van der Waals surface area contributed by atoms with E-state index in [2.05, 4.69) is 5.10 Å². The zero-order valence-electron chi connectivity index (χ0n) is 13.0. The van der Waals surface area contributed by atoms with Gasteiger partial charge in [-0.05, 0) is 43.0 Å². The number of aryl methyl sites for hydroxylation is 1. The largest absolute Gasteiger partial charge is 0.497 e. The molecule has 1 saturated heterocycles. The van der Waals surface area contributed by atoms with E-state index in [4.69, 9.17) is 4.74 Å². The molecule has 0 saturated carbocycles. The highest BCUT2D eigenvalue weighted by atomic mass is 16.5. The van der Waals surface area contributed by atoms with Gasteiger partial charge in [0.15, 0.2) is 0 Å². The molecule has 1 aliphatic rings. The first-order valence-electron chi connectivity index (χ1n) is 7.60. The summed E-state index contributed by atoms with van der Waals surface area (Å²) in [4.78, 5) is 14.5. The van der Waals surface area contributed by atoms with Crippen molar-refractivity contribution in [1.29, 1.82) is 0 Å². The van der Waals surface area contributed by atoms with Crippen molar-refractivity contribution in [3.8, 4) is 5.75 Å². The average Bonchev–Trinajstić information content (AvgIpc) is 3.16. The van der Waals surface area contributed by atoms with Gasteiger partial charge in [0.1, 0.15) is 12.3 Å². The molecule has 0 aliphatic carbocycles. The van der Waals surface area contributed by atoms with E-state index in [-0.39, 0.29) is 11.9 Å². The van der Waals surface area contributed by atoms with Crippen molar-refractivity contribution in [2.24, 2.45) is 0 Å². The van der Waals surface area contributed by atoms with Gasteiger partial charge in [-0.2, -0.15) is 5.10 Å².